The van der Waals surface area contributed by atoms with Gasteiger partial charge in [0.15, 0.2) is 0 Å². The zero-order chi connectivity index (χ0) is 5.98. The zero-order valence-corrected chi connectivity index (χ0v) is 5.98. The van der Waals surface area contributed by atoms with Crippen molar-refractivity contribution in [3.05, 3.63) is 0 Å². The molecule has 0 aromatic rings. The van der Waals surface area contributed by atoms with Crippen LogP contribution < -0.4 is 0 Å². The molecule has 0 nitrogen and oxygen atoms in total. The topological polar surface area (TPSA) is 0 Å². The van der Waals surface area contributed by atoms with E-state index in [9.17, 15) is 0 Å². The Balaban J connectivity index is 2.22. The van der Waals surface area contributed by atoms with E-state index < -0.39 is 0 Å². The standard InChI is InChI=1S/C4H12B4/c1-4-2-8(7-5)3-6-4/h4,6-7H,2-3,5H2,1H3. The zero-order valence-electron chi connectivity index (χ0n) is 5.98. The normalized spacial score (nSPS) is 27.6. The molecule has 1 unspecified atom stereocenters. The Kier molecular flexibility index (Phi) is 2.16. The van der Waals surface area contributed by atoms with E-state index >= 15 is 0 Å². The Morgan fingerprint density at radius 3 is 2.88 bits per heavy atom. The van der Waals surface area contributed by atoms with Crippen molar-refractivity contribution in [1.82, 2.24) is 0 Å². The molecule has 0 amide bonds. The Hall–Kier alpha value is 0.260. The second-order valence-electron chi connectivity index (χ2n) is 3.19. The van der Waals surface area contributed by atoms with Gasteiger partial charge in [0.25, 0.3) is 0 Å². The van der Waals surface area contributed by atoms with Crippen molar-refractivity contribution in [1.29, 1.82) is 0 Å². The van der Waals surface area contributed by atoms with Gasteiger partial charge in [0.2, 0.25) is 0 Å². The highest BCUT2D eigenvalue weighted by molar-refractivity contribution is 7.33. The summed E-state index contributed by atoms with van der Waals surface area (Å²) in [5.41, 5.74) is 0. The quantitative estimate of drug-likeness (QED) is 0.380. The van der Waals surface area contributed by atoms with Gasteiger partial charge in [0.1, 0.15) is 7.28 Å². The molecule has 1 aliphatic heterocycles. The molecule has 1 saturated heterocycles. The van der Waals surface area contributed by atoms with Crippen LogP contribution in [0.1, 0.15) is 6.92 Å². The molecule has 1 aliphatic rings. The first-order valence-electron chi connectivity index (χ1n) is 3.83. The van der Waals surface area contributed by atoms with E-state index in [0.717, 1.165) is 12.4 Å². The van der Waals surface area contributed by atoms with E-state index in [1.54, 1.807) is 0 Å². The molecule has 0 saturated carbocycles. The molecule has 1 fully saturated rings. The maximum atomic E-state index is 2.37. The minimum Gasteiger partial charge on any atom is -0.105 e. The van der Waals surface area contributed by atoms with Gasteiger partial charge in [-0.25, -0.2) is 0 Å². The molecule has 0 spiro atoms. The second-order valence-corrected chi connectivity index (χ2v) is 3.19. The lowest BCUT2D eigenvalue weighted by molar-refractivity contribution is 1.07. The average Bonchev–Trinajstić information content (AvgIpc) is 2.14. The van der Waals surface area contributed by atoms with E-state index in [2.05, 4.69) is 14.7 Å². The van der Waals surface area contributed by atoms with Crippen LogP contribution in [0.2, 0.25) is 18.4 Å². The second kappa shape index (κ2) is 2.70. The number of rotatable bonds is 1. The SMILES string of the molecule is BBB1CBC(C)C1. The Bertz CT molecular complexity index is 74.4. The molecule has 1 atom stereocenters. The summed E-state index contributed by atoms with van der Waals surface area (Å²) in [5.74, 6) is 1.03. The lowest BCUT2D eigenvalue weighted by Crippen LogP contribution is -2.17. The van der Waals surface area contributed by atoms with Crippen molar-refractivity contribution in [2.45, 2.75) is 25.3 Å². The highest BCUT2D eigenvalue weighted by Gasteiger charge is 2.23. The van der Waals surface area contributed by atoms with Crippen LogP contribution in [-0.4, -0.2) is 28.7 Å². The first-order chi connectivity index (χ1) is 3.83. The monoisotopic (exact) mass is 104 g/mol. The first-order valence-corrected chi connectivity index (χ1v) is 3.83. The summed E-state index contributed by atoms with van der Waals surface area (Å²) in [6.07, 6.45) is 2.99. The molecule has 8 heavy (non-hydrogen) atoms. The van der Waals surface area contributed by atoms with Gasteiger partial charge >= 0.3 is 0 Å². The first kappa shape index (κ1) is 6.38. The van der Waals surface area contributed by atoms with Crippen molar-refractivity contribution in [3.63, 3.8) is 0 Å². The van der Waals surface area contributed by atoms with Gasteiger partial charge in [-0.05, 0) is 0 Å². The Morgan fingerprint density at radius 2 is 2.62 bits per heavy atom. The minimum atomic E-state index is 1.03. The summed E-state index contributed by atoms with van der Waals surface area (Å²) in [4.78, 5) is 0. The Morgan fingerprint density at radius 1 is 1.88 bits per heavy atom. The molecule has 4 heteroatoms. The summed E-state index contributed by atoms with van der Waals surface area (Å²) < 4.78 is 0. The van der Waals surface area contributed by atoms with Crippen LogP contribution in [0, 0.1) is 0 Å². The maximum Gasteiger partial charge on any atom is 0.115 e. The molecule has 0 radical (unpaired) electrons. The van der Waals surface area contributed by atoms with Crippen molar-refractivity contribution in [2.75, 3.05) is 0 Å². The van der Waals surface area contributed by atoms with Gasteiger partial charge in [-0.3, -0.25) is 0 Å². The van der Waals surface area contributed by atoms with Crippen LogP contribution in [-0.2, 0) is 0 Å². The highest BCUT2D eigenvalue weighted by Crippen LogP contribution is 2.22. The van der Waals surface area contributed by atoms with Crippen molar-refractivity contribution >= 4 is 28.7 Å². The molecule has 0 N–H and O–H groups in total. The van der Waals surface area contributed by atoms with Gasteiger partial charge in [-0.2, -0.15) is 0 Å². The molecule has 40 valence electrons. The third-order valence-electron chi connectivity index (χ3n) is 2.38. The van der Waals surface area contributed by atoms with Crippen LogP contribution in [0.5, 0.6) is 0 Å². The van der Waals surface area contributed by atoms with Crippen LogP contribution in [0.4, 0.5) is 0 Å². The van der Waals surface area contributed by atoms with E-state index in [0.29, 0.717) is 0 Å². The third kappa shape index (κ3) is 1.37. The third-order valence-corrected chi connectivity index (χ3v) is 2.38. The molecule has 1 heterocycles. The van der Waals surface area contributed by atoms with Crippen LogP contribution in [0.15, 0.2) is 0 Å². The molecule has 0 bridgehead atoms. The fraction of sp³-hybridized carbons (Fsp3) is 1.00. The lowest BCUT2D eigenvalue weighted by Gasteiger charge is -1.98. The highest BCUT2D eigenvalue weighted by atomic mass is 13.9. The van der Waals surface area contributed by atoms with Gasteiger partial charge in [-0.1, -0.05) is 19.1 Å². The molecule has 0 aromatic heterocycles. The average molecular weight is 103 g/mol. The largest absolute Gasteiger partial charge is 0.115 e. The lowest BCUT2D eigenvalue weighted by atomic mass is 9.12. The van der Waals surface area contributed by atoms with E-state index in [4.69, 9.17) is 0 Å². The predicted octanol–water partition coefficient (Wildman–Crippen LogP) is -0.822. The van der Waals surface area contributed by atoms with E-state index in [1.165, 1.54) is 26.9 Å². The van der Waals surface area contributed by atoms with Gasteiger partial charge in [-0.15, -0.1) is 6.22 Å². The van der Waals surface area contributed by atoms with Gasteiger partial charge in [0.05, 0.1) is 21.4 Å². The minimum absolute atomic E-state index is 1.03. The number of hydrogen-bond acceptors (Lipinski definition) is 0. The molecule has 0 aliphatic carbocycles. The van der Waals surface area contributed by atoms with Crippen LogP contribution >= 0.6 is 0 Å². The van der Waals surface area contributed by atoms with E-state index in [-0.39, 0.29) is 0 Å². The van der Waals surface area contributed by atoms with Crippen LogP contribution in [0.25, 0.3) is 0 Å². The molecule has 1 rings (SSSR count). The number of hydrogen-bond donors (Lipinski definition) is 0. The van der Waals surface area contributed by atoms with Crippen molar-refractivity contribution < 1.29 is 0 Å². The summed E-state index contributed by atoms with van der Waals surface area (Å²) >= 11 is 0. The Labute approximate surface area is 54.7 Å². The van der Waals surface area contributed by atoms with Crippen LogP contribution in [0.3, 0.4) is 0 Å². The smallest absolute Gasteiger partial charge is 0.105 e. The molecular weight excluding hydrogens is 91.3 g/mol. The molecular formula is C4H12B4. The van der Waals surface area contributed by atoms with Gasteiger partial charge in [0, 0.05) is 0 Å². The van der Waals surface area contributed by atoms with Crippen molar-refractivity contribution in [3.8, 4) is 0 Å². The fourth-order valence-corrected chi connectivity index (χ4v) is 1.70. The van der Waals surface area contributed by atoms with E-state index in [1.807, 2.05) is 0 Å². The fourth-order valence-electron chi connectivity index (χ4n) is 1.70. The summed E-state index contributed by atoms with van der Waals surface area (Å²) in [7, 11) is 5.20. The van der Waals surface area contributed by atoms with Gasteiger partial charge < -0.3 is 0 Å². The van der Waals surface area contributed by atoms with Crippen molar-refractivity contribution in [2.24, 2.45) is 0 Å². The molecule has 0 aromatic carbocycles. The summed E-state index contributed by atoms with van der Waals surface area (Å²) in [5, 5.41) is 0. The summed E-state index contributed by atoms with van der Waals surface area (Å²) in [6.45, 7) is 3.44. The maximum absolute atomic E-state index is 2.37. The predicted molar refractivity (Wildman–Crippen MR) is 47.6 cm³/mol. The summed E-state index contributed by atoms with van der Waals surface area (Å²) in [6, 6.07) is 0.